The van der Waals surface area contributed by atoms with Gasteiger partial charge in [0.2, 0.25) is 6.79 Å². The molecule has 4 heterocycles. The number of benzene rings is 1. The van der Waals surface area contributed by atoms with Crippen molar-refractivity contribution in [1.29, 1.82) is 0 Å². The third-order valence-electron chi connectivity index (χ3n) is 6.30. The highest BCUT2D eigenvalue weighted by Crippen LogP contribution is 2.35. The Hall–Kier alpha value is -2.87. The van der Waals surface area contributed by atoms with E-state index < -0.39 is 0 Å². The van der Waals surface area contributed by atoms with E-state index in [2.05, 4.69) is 23.7 Å². The second kappa shape index (κ2) is 7.43. The molecule has 0 unspecified atom stereocenters. The van der Waals surface area contributed by atoms with Crippen LogP contribution < -0.4 is 15.0 Å². The maximum Gasteiger partial charge on any atom is 0.254 e. The number of hydrogen-bond acceptors (Lipinski definition) is 6. The zero-order chi connectivity index (χ0) is 20.8. The van der Waals surface area contributed by atoms with Crippen LogP contribution in [0, 0.1) is 0 Å². The highest BCUT2D eigenvalue weighted by atomic mass is 16.7. The summed E-state index contributed by atoms with van der Waals surface area (Å²) in [5.41, 5.74) is 2.11. The predicted octanol–water partition coefficient (Wildman–Crippen LogP) is 2.24. The first kappa shape index (κ1) is 19.1. The number of likely N-dealkylation sites (tertiary alicyclic amines) is 1. The van der Waals surface area contributed by atoms with Crippen molar-refractivity contribution in [2.24, 2.45) is 0 Å². The molecule has 1 amide bonds. The first-order chi connectivity index (χ1) is 14.5. The normalized spacial score (nSPS) is 20.6. The van der Waals surface area contributed by atoms with E-state index in [4.69, 9.17) is 14.5 Å². The number of aromatic amines is 1. The smallest absolute Gasteiger partial charge is 0.254 e. The molecule has 1 atom stereocenters. The lowest BCUT2D eigenvalue weighted by Gasteiger charge is -2.31. The van der Waals surface area contributed by atoms with Gasteiger partial charge in [-0.1, -0.05) is 0 Å². The molecule has 0 radical (unpaired) electrons. The highest BCUT2D eigenvalue weighted by molar-refractivity contribution is 5.95. The number of carbonyl (C=O) groups excluding carboxylic acids is 1. The first-order valence-corrected chi connectivity index (χ1v) is 10.6. The average molecular weight is 410 g/mol. The molecule has 1 N–H and O–H groups in total. The maximum absolute atomic E-state index is 13.2. The SMILES string of the molecule is CC(C)N1CCc2c(nc([C@H]3CCCN3C(=O)c3ccc4c(c3)OCO4)[nH]c2=O)C1. The van der Waals surface area contributed by atoms with Crippen LogP contribution in [0.5, 0.6) is 11.5 Å². The Morgan fingerprint density at radius 3 is 2.90 bits per heavy atom. The van der Waals surface area contributed by atoms with Crippen molar-refractivity contribution in [3.05, 3.63) is 51.2 Å². The van der Waals surface area contributed by atoms with Crippen LogP contribution in [0.1, 0.15) is 60.2 Å². The molecule has 1 fully saturated rings. The first-order valence-electron chi connectivity index (χ1n) is 10.6. The zero-order valence-corrected chi connectivity index (χ0v) is 17.3. The molecule has 0 saturated carbocycles. The molecule has 5 rings (SSSR count). The van der Waals surface area contributed by atoms with Gasteiger partial charge in [-0.25, -0.2) is 4.98 Å². The predicted molar refractivity (Wildman–Crippen MR) is 110 cm³/mol. The Kier molecular flexibility index (Phi) is 4.73. The minimum absolute atomic E-state index is 0.0687. The summed E-state index contributed by atoms with van der Waals surface area (Å²) in [6.07, 6.45) is 2.37. The summed E-state index contributed by atoms with van der Waals surface area (Å²) in [5.74, 6) is 1.75. The summed E-state index contributed by atoms with van der Waals surface area (Å²) < 4.78 is 10.8. The second-order valence-electron chi connectivity index (χ2n) is 8.42. The number of rotatable bonds is 3. The molecule has 0 bridgehead atoms. The molecule has 3 aliphatic rings. The standard InChI is InChI=1S/C22H26N4O4/c1-13(2)25-9-7-15-16(11-25)23-20(24-21(15)27)17-4-3-8-26(17)22(28)14-5-6-18-19(10-14)30-12-29-18/h5-6,10,13,17H,3-4,7-9,11-12H2,1-2H3,(H,23,24,27)/t17-/m1/s1. The van der Waals surface area contributed by atoms with E-state index >= 15 is 0 Å². The number of hydrogen-bond donors (Lipinski definition) is 1. The number of nitrogens with one attached hydrogen (secondary N) is 1. The van der Waals surface area contributed by atoms with Crippen LogP contribution in [-0.4, -0.2) is 51.6 Å². The molecule has 2 aromatic rings. The molecule has 1 aromatic carbocycles. The Morgan fingerprint density at radius 2 is 2.07 bits per heavy atom. The summed E-state index contributed by atoms with van der Waals surface area (Å²) in [4.78, 5) is 37.9. The van der Waals surface area contributed by atoms with Crippen molar-refractivity contribution in [2.75, 3.05) is 19.9 Å². The van der Waals surface area contributed by atoms with Gasteiger partial charge in [-0.05, 0) is 51.3 Å². The molecule has 8 nitrogen and oxygen atoms in total. The minimum atomic E-state index is -0.227. The van der Waals surface area contributed by atoms with Gasteiger partial charge in [0.1, 0.15) is 5.82 Å². The Morgan fingerprint density at radius 1 is 1.23 bits per heavy atom. The van der Waals surface area contributed by atoms with E-state index in [1.807, 2.05) is 4.90 Å². The molecule has 30 heavy (non-hydrogen) atoms. The number of amides is 1. The lowest BCUT2D eigenvalue weighted by atomic mass is 10.0. The van der Waals surface area contributed by atoms with Gasteiger partial charge in [-0.3, -0.25) is 14.5 Å². The third kappa shape index (κ3) is 3.25. The number of H-pyrrole nitrogens is 1. The molecule has 1 saturated heterocycles. The minimum Gasteiger partial charge on any atom is -0.454 e. The van der Waals surface area contributed by atoms with Crippen LogP contribution in [0.25, 0.3) is 0 Å². The fraction of sp³-hybridized carbons (Fsp3) is 0.500. The molecule has 8 heteroatoms. The maximum atomic E-state index is 13.2. The molecule has 0 aliphatic carbocycles. The van der Waals surface area contributed by atoms with Gasteiger partial charge >= 0.3 is 0 Å². The lowest BCUT2D eigenvalue weighted by molar-refractivity contribution is 0.0728. The quantitative estimate of drug-likeness (QED) is 0.835. The molecular formula is C22H26N4O4. The van der Waals surface area contributed by atoms with Crippen molar-refractivity contribution >= 4 is 5.91 Å². The van der Waals surface area contributed by atoms with E-state index in [1.54, 1.807) is 18.2 Å². The van der Waals surface area contributed by atoms with Crippen LogP contribution in [0.2, 0.25) is 0 Å². The van der Waals surface area contributed by atoms with Crippen molar-refractivity contribution in [3.63, 3.8) is 0 Å². The number of fused-ring (bicyclic) bond motifs is 2. The fourth-order valence-electron chi connectivity index (χ4n) is 4.57. The largest absolute Gasteiger partial charge is 0.454 e. The van der Waals surface area contributed by atoms with E-state index in [0.29, 0.717) is 48.4 Å². The van der Waals surface area contributed by atoms with Gasteiger partial charge in [0.25, 0.3) is 11.5 Å². The van der Waals surface area contributed by atoms with E-state index in [0.717, 1.165) is 30.6 Å². The lowest BCUT2D eigenvalue weighted by Crippen LogP contribution is -2.40. The van der Waals surface area contributed by atoms with Crippen LogP contribution in [-0.2, 0) is 13.0 Å². The van der Waals surface area contributed by atoms with Crippen LogP contribution in [0.3, 0.4) is 0 Å². The van der Waals surface area contributed by atoms with Gasteiger partial charge in [0, 0.05) is 36.8 Å². The van der Waals surface area contributed by atoms with Gasteiger partial charge in [-0.15, -0.1) is 0 Å². The molecule has 1 aromatic heterocycles. The fourth-order valence-corrected chi connectivity index (χ4v) is 4.57. The molecule has 0 spiro atoms. The summed E-state index contributed by atoms with van der Waals surface area (Å²) in [7, 11) is 0. The van der Waals surface area contributed by atoms with Crippen molar-refractivity contribution < 1.29 is 14.3 Å². The second-order valence-corrected chi connectivity index (χ2v) is 8.42. The molecule has 3 aliphatic heterocycles. The van der Waals surface area contributed by atoms with E-state index in [9.17, 15) is 9.59 Å². The molecule has 158 valence electrons. The van der Waals surface area contributed by atoms with Crippen LogP contribution in [0.4, 0.5) is 0 Å². The van der Waals surface area contributed by atoms with Gasteiger partial charge in [0.15, 0.2) is 11.5 Å². The summed E-state index contributed by atoms with van der Waals surface area (Å²) in [6.45, 7) is 6.66. The van der Waals surface area contributed by atoms with Crippen LogP contribution in [0.15, 0.2) is 23.0 Å². The highest BCUT2D eigenvalue weighted by Gasteiger charge is 2.34. The Bertz CT molecular complexity index is 1050. The zero-order valence-electron chi connectivity index (χ0n) is 17.3. The van der Waals surface area contributed by atoms with Crippen molar-refractivity contribution in [2.45, 2.75) is 51.7 Å². The Labute approximate surface area is 174 Å². The van der Waals surface area contributed by atoms with Crippen molar-refractivity contribution in [3.8, 4) is 11.5 Å². The van der Waals surface area contributed by atoms with Gasteiger partial charge in [-0.2, -0.15) is 0 Å². The average Bonchev–Trinajstić information content (AvgIpc) is 3.41. The third-order valence-corrected chi connectivity index (χ3v) is 6.30. The van der Waals surface area contributed by atoms with E-state index in [1.165, 1.54) is 0 Å². The number of nitrogens with zero attached hydrogens (tertiary/aromatic N) is 3. The topological polar surface area (TPSA) is 87.8 Å². The van der Waals surface area contributed by atoms with Gasteiger partial charge in [0.05, 0.1) is 11.7 Å². The Balaban J connectivity index is 1.44. The summed E-state index contributed by atoms with van der Waals surface area (Å²) in [6, 6.07) is 5.42. The number of ether oxygens (including phenoxy) is 2. The van der Waals surface area contributed by atoms with Crippen molar-refractivity contribution in [1.82, 2.24) is 19.8 Å². The van der Waals surface area contributed by atoms with Gasteiger partial charge < -0.3 is 19.4 Å². The number of aromatic nitrogens is 2. The summed E-state index contributed by atoms with van der Waals surface area (Å²) >= 11 is 0. The van der Waals surface area contributed by atoms with Crippen LogP contribution >= 0.6 is 0 Å². The van der Waals surface area contributed by atoms with E-state index in [-0.39, 0.29) is 24.3 Å². The monoisotopic (exact) mass is 410 g/mol. The summed E-state index contributed by atoms with van der Waals surface area (Å²) in [5, 5.41) is 0. The molecular weight excluding hydrogens is 384 g/mol. The number of carbonyl (C=O) groups is 1.